The molecule has 3 heterocycles. The Labute approximate surface area is 169 Å². The number of carbonyl (C=O) groups is 1. The van der Waals surface area contributed by atoms with Crippen LogP contribution in [0.5, 0.6) is 5.75 Å². The molecule has 29 heavy (non-hydrogen) atoms. The maximum Gasteiger partial charge on any atom is 0.228 e. The summed E-state index contributed by atoms with van der Waals surface area (Å²) in [6, 6.07) is 8.92. The molecule has 0 bridgehead atoms. The van der Waals surface area contributed by atoms with Crippen LogP contribution in [0.2, 0.25) is 0 Å². The van der Waals surface area contributed by atoms with Gasteiger partial charge >= 0.3 is 0 Å². The van der Waals surface area contributed by atoms with Gasteiger partial charge in [0.2, 0.25) is 5.91 Å². The minimum atomic E-state index is 0.0116. The van der Waals surface area contributed by atoms with Gasteiger partial charge in [0.1, 0.15) is 17.3 Å². The van der Waals surface area contributed by atoms with Gasteiger partial charge in [0.25, 0.3) is 0 Å². The minimum absolute atomic E-state index is 0.0116. The van der Waals surface area contributed by atoms with E-state index in [1.54, 1.807) is 18.2 Å². The van der Waals surface area contributed by atoms with Gasteiger partial charge in [0, 0.05) is 44.3 Å². The lowest BCUT2D eigenvalue weighted by Crippen LogP contribution is -2.49. The number of aromatic nitrogens is 2. The van der Waals surface area contributed by atoms with Gasteiger partial charge in [-0.25, -0.2) is 4.98 Å². The first-order valence-electron chi connectivity index (χ1n) is 9.69. The van der Waals surface area contributed by atoms with Crippen LogP contribution in [0.15, 0.2) is 41.1 Å². The highest BCUT2D eigenvalue weighted by atomic mass is 16.5. The van der Waals surface area contributed by atoms with Gasteiger partial charge < -0.3 is 24.3 Å². The summed E-state index contributed by atoms with van der Waals surface area (Å²) in [5, 5.41) is 14.4. The zero-order valence-electron chi connectivity index (χ0n) is 16.7. The molecule has 2 aromatic heterocycles. The maximum atomic E-state index is 12.7. The predicted molar refractivity (Wildman–Crippen MR) is 110 cm³/mol. The van der Waals surface area contributed by atoms with Gasteiger partial charge in [-0.3, -0.25) is 4.79 Å². The summed E-state index contributed by atoms with van der Waals surface area (Å²) in [6.07, 6.45) is 2.08. The normalized spacial score (nSPS) is 14.7. The van der Waals surface area contributed by atoms with Crippen molar-refractivity contribution in [2.75, 3.05) is 45.2 Å². The second-order valence-electron chi connectivity index (χ2n) is 7.62. The van der Waals surface area contributed by atoms with Crippen molar-refractivity contribution >= 4 is 22.7 Å². The van der Waals surface area contributed by atoms with Crippen molar-refractivity contribution in [3.63, 3.8) is 0 Å². The Morgan fingerprint density at radius 2 is 1.97 bits per heavy atom. The number of amides is 1. The van der Waals surface area contributed by atoms with E-state index in [9.17, 15) is 9.90 Å². The lowest BCUT2D eigenvalue weighted by atomic mass is 10.1. The van der Waals surface area contributed by atoms with Crippen LogP contribution in [0.1, 0.15) is 11.3 Å². The largest absolute Gasteiger partial charge is 0.508 e. The van der Waals surface area contributed by atoms with Crippen LogP contribution >= 0.6 is 0 Å². The molecule has 3 aromatic rings. The molecule has 0 aliphatic carbocycles. The number of nitrogens with zero attached hydrogens (tertiary/aromatic N) is 5. The SMILES string of the molecule is CN(C)Cc1ccc(N2CCN(C(=O)Cc3noc4ccc(O)cc34)CC2)nc1. The van der Waals surface area contributed by atoms with Gasteiger partial charge in [-0.05, 0) is 43.9 Å². The molecule has 1 aliphatic rings. The number of fused-ring (bicyclic) bond motifs is 1. The highest BCUT2D eigenvalue weighted by molar-refractivity contribution is 5.87. The van der Waals surface area contributed by atoms with Gasteiger partial charge in [0.15, 0.2) is 5.58 Å². The minimum Gasteiger partial charge on any atom is -0.508 e. The van der Waals surface area contributed by atoms with E-state index in [-0.39, 0.29) is 18.1 Å². The first kappa shape index (κ1) is 19.2. The highest BCUT2D eigenvalue weighted by Gasteiger charge is 2.23. The summed E-state index contributed by atoms with van der Waals surface area (Å²) >= 11 is 0. The molecule has 0 spiro atoms. The van der Waals surface area contributed by atoms with Crippen LogP contribution in [0.4, 0.5) is 5.82 Å². The first-order valence-corrected chi connectivity index (χ1v) is 9.69. The van der Waals surface area contributed by atoms with E-state index in [0.717, 1.165) is 25.5 Å². The van der Waals surface area contributed by atoms with E-state index in [0.29, 0.717) is 29.8 Å². The summed E-state index contributed by atoms with van der Waals surface area (Å²) < 4.78 is 5.25. The monoisotopic (exact) mass is 395 g/mol. The number of anilines is 1. The summed E-state index contributed by atoms with van der Waals surface area (Å²) in [7, 11) is 4.07. The molecule has 0 saturated carbocycles. The third-order valence-electron chi connectivity index (χ3n) is 5.11. The van der Waals surface area contributed by atoms with Crippen molar-refractivity contribution in [2.45, 2.75) is 13.0 Å². The molecule has 0 atom stereocenters. The topological polar surface area (TPSA) is 85.9 Å². The van der Waals surface area contributed by atoms with E-state index in [2.05, 4.69) is 26.0 Å². The van der Waals surface area contributed by atoms with Crippen molar-refractivity contribution in [1.29, 1.82) is 0 Å². The maximum absolute atomic E-state index is 12.7. The van der Waals surface area contributed by atoms with Crippen molar-refractivity contribution in [2.24, 2.45) is 0 Å². The molecule has 8 nitrogen and oxygen atoms in total. The van der Waals surface area contributed by atoms with Gasteiger partial charge in [-0.1, -0.05) is 11.2 Å². The molecule has 1 aliphatic heterocycles. The number of phenolic OH excluding ortho intramolecular Hbond substituents is 1. The number of rotatable bonds is 5. The molecule has 0 radical (unpaired) electrons. The Bertz CT molecular complexity index is 991. The molecule has 8 heteroatoms. The summed E-state index contributed by atoms with van der Waals surface area (Å²) in [5.41, 5.74) is 2.30. The Morgan fingerprint density at radius 3 is 2.66 bits per heavy atom. The zero-order chi connectivity index (χ0) is 20.4. The smallest absolute Gasteiger partial charge is 0.228 e. The average Bonchev–Trinajstić information content (AvgIpc) is 3.10. The number of hydrogen-bond donors (Lipinski definition) is 1. The molecular formula is C21H25N5O3. The van der Waals surface area contributed by atoms with Crippen LogP contribution in [0.25, 0.3) is 11.0 Å². The van der Waals surface area contributed by atoms with E-state index in [1.807, 2.05) is 31.3 Å². The van der Waals surface area contributed by atoms with Crippen LogP contribution in [-0.2, 0) is 17.8 Å². The molecule has 152 valence electrons. The Morgan fingerprint density at radius 1 is 1.17 bits per heavy atom. The lowest BCUT2D eigenvalue weighted by Gasteiger charge is -2.35. The molecule has 1 amide bonds. The molecular weight excluding hydrogens is 370 g/mol. The summed E-state index contributed by atoms with van der Waals surface area (Å²) in [6.45, 7) is 3.63. The molecule has 1 aromatic carbocycles. The second kappa shape index (κ2) is 8.08. The highest BCUT2D eigenvalue weighted by Crippen LogP contribution is 2.24. The molecule has 0 unspecified atom stereocenters. The number of aromatic hydroxyl groups is 1. The fourth-order valence-electron chi connectivity index (χ4n) is 3.61. The van der Waals surface area contributed by atoms with E-state index >= 15 is 0 Å². The fourth-order valence-corrected chi connectivity index (χ4v) is 3.61. The second-order valence-corrected chi connectivity index (χ2v) is 7.62. The van der Waals surface area contributed by atoms with E-state index in [4.69, 9.17) is 4.52 Å². The number of phenols is 1. The van der Waals surface area contributed by atoms with Crippen LogP contribution in [0.3, 0.4) is 0 Å². The predicted octanol–water partition coefficient (Wildman–Crippen LogP) is 1.88. The third kappa shape index (κ3) is 4.32. The van der Waals surface area contributed by atoms with Gasteiger partial charge in [0.05, 0.1) is 6.42 Å². The number of benzene rings is 1. The molecule has 1 fully saturated rings. The number of carbonyl (C=O) groups excluding carboxylic acids is 1. The fraction of sp³-hybridized carbons (Fsp3) is 0.381. The Kier molecular flexibility index (Phi) is 5.35. The lowest BCUT2D eigenvalue weighted by molar-refractivity contribution is -0.130. The van der Waals surface area contributed by atoms with E-state index in [1.165, 1.54) is 5.56 Å². The molecule has 1 N–H and O–H groups in total. The first-order chi connectivity index (χ1) is 14.0. The van der Waals surface area contributed by atoms with E-state index < -0.39 is 0 Å². The van der Waals surface area contributed by atoms with Crippen molar-refractivity contribution in [3.05, 3.63) is 47.8 Å². The van der Waals surface area contributed by atoms with Crippen molar-refractivity contribution in [3.8, 4) is 5.75 Å². The quantitative estimate of drug-likeness (QED) is 0.706. The Balaban J connectivity index is 1.35. The average molecular weight is 395 g/mol. The summed E-state index contributed by atoms with van der Waals surface area (Å²) in [5.74, 6) is 1.09. The van der Waals surface area contributed by atoms with Crippen LogP contribution < -0.4 is 4.90 Å². The van der Waals surface area contributed by atoms with Crippen molar-refractivity contribution in [1.82, 2.24) is 19.9 Å². The number of hydrogen-bond acceptors (Lipinski definition) is 7. The third-order valence-corrected chi connectivity index (χ3v) is 5.11. The zero-order valence-corrected chi connectivity index (χ0v) is 16.7. The van der Waals surface area contributed by atoms with Crippen LogP contribution in [0, 0.1) is 0 Å². The summed E-state index contributed by atoms with van der Waals surface area (Å²) in [4.78, 5) is 23.5. The Hall–Kier alpha value is -3.13. The number of piperazine rings is 1. The number of pyridine rings is 1. The van der Waals surface area contributed by atoms with Crippen LogP contribution in [-0.4, -0.2) is 71.2 Å². The van der Waals surface area contributed by atoms with Gasteiger partial charge in [-0.15, -0.1) is 0 Å². The molecule has 1 saturated heterocycles. The standard InChI is InChI=1S/C21H25N5O3/c1-24(2)14-15-3-6-20(22-13-15)25-7-9-26(10-8-25)21(28)12-18-17-11-16(27)4-5-19(17)29-23-18/h3-6,11,13,27H,7-10,12,14H2,1-2H3. The van der Waals surface area contributed by atoms with Crippen molar-refractivity contribution < 1.29 is 14.4 Å². The van der Waals surface area contributed by atoms with Gasteiger partial charge in [-0.2, -0.15) is 0 Å². The molecule has 4 rings (SSSR count).